The van der Waals surface area contributed by atoms with Crippen LogP contribution in [0.5, 0.6) is 0 Å². The summed E-state index contributed by atoms with van der Waals surface area (Å²) < 4.78 is 28.7. The zero-order valence-corrected chi connectivity index (χ0v) is 21.1. The van der Waals surface area contributed by atoms with Crippen molar-refractivity contribution in [2.75, 3.05) is 23.3 Å². The Morgan fingerprint density at radius 1 is 1.14 bits per heavy atom. The molecule has 1 fully saturated rings. The monoisotopic (exact) mass is 526 g/mol. The Kier molecular flexibility index (Phi) is 6.72. The van der Waals surface area contributed by atoms with Crippen molar-refractivity contribution in [2.24, 2.45) is 7.05 Å². The average molecular weight is 527 g/mol. The van der Waals surface area contributed by atoms with Gasteiger partial charge in [0.15, 0.2) is 0 Å². The number of benzene rings is 1. The van der Waals surface area contributed by atoms with E-state index in [1.54, 1.807) is 30.4 Å². The fourth-order valence-electron chi connectivity index (χ4n) is 4.32. The normalized spacial score (nSPS) is 16.1. The zero-order valence-electron chi connectivity index (χ0n) is 20.3. The maximum absolute atomic E-state index is 13.6. The van der Waals surface area contributed by atoms with Crippen LogP contribution in [0, 0.1) is 0 Å². The standard InChI is InChI=1S/C25H25ClF2N8O/c1-15(21-29-8-3-9-30-21)32-22-17-12-16(4-5-20(17)35(2)24(37)34-22)13-19-18(26)14-31-23(33-19)36-10-6-25(27,28)7-11-36/h3-5,8-9,12,14-15H,6-7,10-11,13H2,1-2H3,(H,32,34,37). The molecule has 1 saturated heterocycles. The second-order valence-corrected chi connectivity index (χ2v) is 9.52. The van der Waals surface area contributed by atoms with E-state index in [0.29, 0.717) is 40.2 Å². The highest BCUT2D eigenvalue weighted by Gasteiger charge is 2.34. The summed E-state index contributed by atoms with van der Waals surface area (Å²) in [4.78, 5) is 35.9. The summed E-state index contributed by atoms with van der Waals surface area (Å²) in [5.41, 5.74) is 1.79. The summed E-state index contributed by atoms with van der Waals surface area (Å²) >= 11 is 6.42. The molecule has 4 heterocycles. The molecule has 192 valence electrons. The third-order valence-corrected chi connectivity index (χ3v) is 6.77. The predicted octanol–water partition coefficient (Wildman–Crippen LogP) is 4.17. The Labute approximate surface area is 216 Å². The molecule has 1 atom stereocenters. The molecule has 9 nitrogen and oxygen atoms in total. The van der Waals surface area contributed by atoms with Crippen LogP contribution >= 0.6 is 11.6 Å². The van der Waals surface area contributed by atoms with Crippen LogP contribution in [0.1, 0.15) is 42.9 Å². The number of hydrogen-bond acceptors (Lipinski definition) is 8. The maximum Gasteiger partial charge on any atom is 0.349 e. The maximum atomic E-state index is 13.6. The number of anilines is 2. The van der Waals surface area contributed by atoms with Gasteiger partial charge in [0.1, 0.15) is 11.6 Å². The van der Waals surface area contributed by atoms with E-state index in [1.807, 2.05) is 25.1 Å². The molecule has 0 bridgehead atoms. The fourth-order valence-corrected chi connectivity index (χ4v) is 4.48. The number of aryl methyl sites for hydroxylation is 1. The summed E-state index contributed by atoms with van der Waals surface area (Å²) in [6.07, 6.45) is 4.74. The van der Waals surface area contributed by atoms with Gasteiger partial charge >= 0.3 is 5.69 Å². The molecule has 0 spiro atoms. The van der Waals surface area contributed by atoms with Gasteiger partial charge in [-0.05, 0) is 30.7 Å². The van der Waals surface area contributed by atoms with Crippen molar-refractivity contribution < 1.29 is 8.78 Å². The lowest BCUT2D eigenvalue weighted by atomic mass is 10.1. The average Bonchev–Trinajstić information content (AvgIpc) is 2.89. The van der Waals surface area contributed by atoms with Crippen LogP contribution in [-0.2, 0) is 13.5 Å². The van der Waals surface area contributed by atoms with Crippen LogP contribution in [0.2, 0.25) is 5.02 Å². The second-order valence-electron chi connectivity index (χ2n) is 9.11. The van der Waals surface area contributed by atoms with E-state index >= 15 is 0 Å². The van der Waals surface area contributed by atoms with Gasteiger partial charge in [-0.3, -0.25) is 4.57 Å². The van der Waals surface area contributed by atoms with Crippen molar-refractivity contribution in [2.45, 2.75) is 38.2 Å². The number of nitrogens with one attached hydrogen (secondary N) is 1. The first kappa shape index (κ1) is 24.9. The topological polar surface area (TPSA) is 102 Å². The number of alkyl halides is 2. The van der Waals surface area contributed by atoms with Gasteiger partial charge in [-0.25, -0.2) is 33.5 Å². The van der Waals surface area contributed by atoms with Crippen molar-refractivity contribution in [1.82, 2.24) is 29.5 Å². The Hall–Kier alpha value is -3.73. The molecular weight excluding hydrogens is 502 g/mol. The molecule has 1 N–H and O–H groups in total. The predicted molar refractivity (Wildman–Crippen MR) is 137 cm³/mol. The molecule has 0 aliphatic carbocycles. The first-order valence-corrected chi connectivity index (χ1v) is 12.3. The minimum absolute atomic E-state index is 0.183. The Balaban J connectivity index is 1.45. The van der Waals surface area contributed by atoms with Crippen LogP contribution in [-0.4, -0.2) is 48.5 Å². The minimum atomic E-state index is -2.65. The molecule has 4 aromatic rings. The Morgan fingerprint density at radius 3 is 2.59 bits per heavy atom. The van der Waals surface area contributed by atoms with E-state index in [2.05, 4.69) is 30.2 Å². The fraction of sp³-hybridized carbons (Fsp3) is 0.360. The molecule has 1 aliphatic rings. The van der Waals surface area contributed by atoms with Gasteiger partial charge in [-0.1, -0.05) is 17.7 Å². The molecule has 5 rings (SSSR count). The molecule has 37 heavy (non-hydrogen) atoms. The Morgan fingerprint density at radius 2 is 1.86 bits per heavy atom. The van der Waals surface area contributed by atoms with E-state index in [0.717, 1.165) is 10.9 Å². The van der Waals surface area contributed by atoms with Gasteiger partial charge in [-0.2, -0.15) is 4.98 Å². The largest absolute Gasteiger partial charge is 0.360 e. The van der Waals surface area contributed by atoms with Crippen molar-refractivity contribution >= 4 is 34.3 Å². The molecule has 3 aromatic heterocycles. The highest BCUT2D eigenvalue weighted by molar-refractivity contribution is 6.31. The van der Waals surface area contributed by atoms with Crippen molar-refractivity contribution in [3.63, 3.8) is 0 Å². The van der Waals surface area contributed by atoms with Gasteiger partial charge < -0.3 is 10.2 Å². The van der Waals surface area contributed by atoms with Crippen molar-refractivity contribution in [3.8, 4) is 0 Å². The van der Waals surface area contributed by atoms with Crippen molar-refractivity contribution in [1.29, 1.82) is 0 Å². The molecule has 1 aromatic carbocycles. The molecule has 12 heteroatoms. The lowest BCUT2D eigenvalue weighted by Gasteiger charge is -2.31. The molecule has 0 amide bonds. The van der Waals surface area contributed by atoms with E-state index < -0.39 is 5.92 Å². The zero-order chi connectivity index (χ0) is 26.2. The number of nitrogens with zero attached hydrogens (tertiary/aromatic N) is 7. The highest BCUT2D eigenvalue weighted by atomic mass is 35.5. The molecular formula is C25H25ClF2N8O. The third-order valence-electron chi connectivity index (χ3n) is 6.45. The van der Waals surface area contributed by atoms with Crippen LogP contribution in [0.3, 0.4) is 0 Å². The van der Waals surface area contributed by atoms with Crippen molar-refractivity contribution in [3.05, 3.63) is 75.4 Å². The number of halogens is 3. The first-order valence-electron chi connectivity index (χ1n) is 11.9. The quantitative estimate of drug-likeness (QED) is 0.399. The lowest BCUT2D eigenvalue weighted by molar-refractivity contribution is -0.0222. The number of piperidine rings is 1. The van der Waals surface area contributed by atoms with Crippen LogP contribution in [0.4, 0.5) is 20.5 Å². The van der Waals surface area contributed by atoms with E-state index in [4.69, 9.17) is 11.6 Å². The van der Waals surface area contributed by atoms with E-state index in [9.17, 15) is 13.6 Å². The van der Waals surface area contributed by atoms with Crippen LogP contribution in [0.25, 0.3) is 10.9 Å². The van der Waals surface area contributed by atoms with Gasteiger partial charge in [0, 0.05) is 57.2 Å². The van der Waals surface area contributed by atoms with Gasteiger partial charge in [0.05, 0.1) is 28.5 Å². The number of hydrogen-bond donors (Lipinski definition) is 1. The number of fused-ring (bicyclic) bond motifs is 1. The highest BCUT2D eigenvalue weighted by Crippen LogP contribution is 2.30. The van der Waals surface area contributed by atoms with E-state index in [-0.39, 0.29) is 37.7 Å². The summed E-state index contributed by atoms with van der Waals surface area (Å²) in [6.45, 7) is 2.26. The van der Waals surface area contributed by atoms with Crippen LogP contribution in [0.15, 0.2) is 47.7 Å². The molecule has 0 radical (unpaired) electrons. The summed E-state index contributed by atoms with van der Waals surface area (Å²) in [6, 6.07) is 7.13. The van der Waals surface area contributed by atoms with Gasteiger partial charge in [-0.15, -0.1) is 0 Å². The minimum Gasteiger partial charge on any atom is -0.360 e. The van der Waals surface area contributed by atoms with Crippen LogP contribution < -0.4 is 15.9 Å². The Bertz CT molecular complexity index is 1490. The number of aromatic nitrogens is 6. The number of rotatable bonds is 6. The summed E-state index contributed by atoms with van der Waals surface area (Å²) in [5, 5.41) is 4.39. The molecule has 0 saturated carbocycles. The molecule has 1 aliphatic heterocycles. The summed E-state index contributed by atoms with van der Waals surface area (Å²) in [7, 11) is 1.67. The van der Waals surface area contributed by atoms with Gasteiger partial charge in [0.25, 0.3) is 5.92 Å². The first-order chi connectivity index (χ1) is 17.7. The summed E-state index contributed by atoms with van der Waals surface area (Å²) in [5.74, 6) is -1.27. The SMILES string of the molecule is CC(Nc1nc(=O)n(C)c2ccc(Cc3nc(N4CCC(F)(F)CC4)ncc3Cl)cc12)c1ncccn1. The van der Waals surface area contributed by atoms with Gasteiger partial charge in [0.2, 0.25) is 5.95 Å². The lowest BCUT2D eigenvalue weighted by Crippen LogP contribution is -2.40. The second kappa shape index (κ2) is 9.97. The van der Waals surface area contributed by atoms with E-state index in [1.165, 1.54) is 10.8 Å². The smallest absolute Gasteiger partial charge is 0.349 e. The third kappa shape index (κ3) is 5.36. The molecule has 1 unspecified atom stereocenters.